The molecule has 0 spiro atoms. The van der Waals surface area contributed by atoms with Crippen LogP contribution in [-0.2, 0) is 22.7 Å². The second-order valence-corrected chi connectivity index (χ2v) is 13.7. The molecule has 2 aliphatic rings. The van der Waals surface area contributed by atoms with E-state index in [1.165, 1.54) is 0 Å². The van der Waals surface area contributed by atoms with Gasteiger partial charge in [-0.3, -0.25) is 14.6 Å². The lowest BCUT2D eigenvalue weighted by Crippen LogP contribution is -2.43. The average Bonchev–Trinajstić information content (AvgIpc) is 3.56. The van der Waals surface area contributed by atoms with Crippen molar-refractivity contribution in [2.45, 2.75) is 57.8 Å². The second kappa shape index (κ2) is 16.8. The minimum atomic E-state index is 0.106. The van der Waals surface area contributed by atoms with Gasteiger partial charge in [0.1, 0.15) is 11.5 Å². The number of carbonyl (C=O) groups is 2. The number of methoxy groups -OCH3 is 2. The van der Waals surface area contributed by atoms with Crippen molar-refractivity contribution < 1.29 is 19.1 Å². The number of benzene rings is 3. The number of anilines is 2. The standard InChI is InChI=1S/C39H44Cl2N6O4/c1-24(48)47-18-15-28(16-19-47)44-22-27-6-4-9-33(39(27)51-3)46-32-8-5-7-30(36(32)40)31-14-17-43-38(37(31)41)25-10-11-26(34(20-25)50-2)21-42-23-29-12-13-35(49)45-29/h4-11,14,17,20,28-29,42,44,46H,12-13,15-16,18-19,21-23H2,1-3H3,(H,45,49)/t29-/m0/s1. The van der Waals surface area contributed by atoms with E-state index in [-0.39, 0.29) is 17.9 Å². The molecule has 4 N–H and O–H groups in total. The SMILES string of the molecule is COc1cc(-c2nccc(-c3cccc(Nc4cccc(CNC5CCN(C(C)=O)CC5)c4OC)c3Cl)c2Cl)ccc1CNC[C@@H]1CCC(=O)N1. The molecule has 4 aromatic rings. The lowest BCUT2D eigenvalue weighted by atomic mass is 10.0. The van der Waals surface area contributed by atoms with Crippen molar-refractivity contribution in [2.24, 2.45) is 0 Å². The summed E-state index contributed by atoms with van der Waals surface area (Å²) in [7, 11) is 3.31. The summed E-state index contributed by atoms with van der Waals surface area (Å²) >= 11 is 14.2. The Labute approximate surface area is 309 Å². The third-order valence-electron chi connectivity index (χ3n) is 9.62. The van der Waals surface area contributed by atoms with Crippen LogP contribution in [0.1, 0.15) is 43.7 Å². The first kappa shape index (κ1) is 36.4. The van der Waals surface area contributed by atoms with Crippen molar-refractivity contribution in [2.75, 3.05) is 39.2 Å². The predicted molar refractivity (Wildman–Crippen MR) is 203 cm³/mol. The molecule has 10 nitrogen and oxygen atoms in total. The van der Waals surface area contributed by atoms with Gasteiger partial charge in [-0.25, -0.2) is 0 Å². The lowest BCUT2D eigenvalue weighted by molar-refractivity contribution is -0.130. The maximum Gasteiger partial charge on any atom is 0.220 e. The summed E-state index contributed by atoms with van der Waals surface area (Å²) in [5, 5.41) is 14.5. The van der Waals surface area contributed by atoms with Gasteiger partial charge in [-0.2, -0.15) is 0 Å². The van der Waals surface area contributed by atoms with Crippen molar-refractivity contribution in [3.8, 4) is 33.9 Å². The van der Waals surface area contributed by atoms with Crippen LogP contribution in [0.4, 0.5) is 11.4 Å². The fraction of sp³-hybridized carbons (Fsp3) is 0.359. The minimum Gasteiger partial charge on any atom is -0.496 e. The Hall–Kier alpha value is -4.35. The Bertz CT molecular complexity index is 1880. The minimum absolute atomic E-state index is 0.106. The highest BCUT2D eigenvalue weighted by Crippen LogP contribution is 2.42. The molecule has 0 saturated carbocycles. The number of ether oxygens (including phenoxy) is 2. The lowest BCUT2D eigenvalue weighted by Gasteiger charge is -2.32. The largest absolute Gasteiger partial charge is 0.496 e. The molecule has 6 rings (SSSR count). The van der Waals surface area contributed by atoms with Gasteiger partial charge in [-0.15, -0.1) is 0 Å². The molecule has 0 bridgehead atoms. The molecule has 0 unspecified atom stereocenters. The molecule has 2 aliphatic heterocycles. The number of halogens is 2. The van der Waals surface area contributed by atoms with E-state index in [2.05, 4.69) is 26.3 Å². The van der Waals surface area contributed by atoms with Crippen LogP contribution in [0.5, 0.6) is 11.5 Å². The summed E-state index contributed by atoms with van der Waals surface area (Å²) in [4.78, 5) is 29.8. The van der Waals surface area contributed by atoms with Crippen LogP contribution < -0.4 is 30.7 Å². The van der Waals surface area contributed by atoms with Crippen LogP contribution >= 0.6 is 23.2 Å². The zero-order valence-electron chi connectivity index (χ0n) is 29.2. The topological polar surface area (TPSA) is 117 Å². The molecule has 12 heteroatoms. The molecule has 3 aromatic carbocycles. The number of piperidine rings is 1. The number of pyridine rings is 1. The number of aromatic nitrogens is 1. The van der Waals surface area contributed by atoms with Gasteiger partial charge in [0.2, 0.25) is 11.8 Å². The number of carbonyl (C=O) groups excluding carboxylic acids is 2. The van der Waals surface area contributed by atoms with Gasteiger partial charge in [0.05, 0.1) is 41.3 Å². The molecule has 3 heterocycles. The molecule has 0 aliphatic carbocycles. The van der Waals surface area contributed by atoms with Gasteiger partial charge in [0.25, 0.3) is 0 Å². The molecule has 2 fully saturated rings. The van der Waals surface area contributed by atoms with Crippen LogP contribution in [0.3, 0.4) is 0 Å². The van der Waals surface area contributed by atoms with Gasteiger partial charge in [0, 0.05) is 92.2 Å². The van der Waals surface area contributed by atoms with E-state index in [4.69, 9.17) is 32.7 Å². The highest BCUT2D eigenvalue weighted by atomic mass is 35.5. The van der Waals surface area contributed by atoms with Crippen LogP contribution in [0.2, 0.25) is 10.0 Å². The molecule has 268 valence electrons. The average molecular weight is 732 g/mol. The summed E-state index contributed by atoms with van der Waals surface area (Å²) in [6.07, 6.45) is 4.99. The fourth-order valence-corrected chi connectivity index (χ4v) is 7.40. The van der Waals surface area contributed by atoms with E-state index in [9.17, 15) is 9.59 Å². The fourth-order valence-electron chi connectivity index (χ4n) is 6.80. The van der Waals surface area contributed by atoms with Crippen LogP contribution in [-0.4, -0.2) is 67.6 Å². The van der Waals surface area contributed by atoms with Crippen molar-refractivity contribution in [3.05, 3.63) is 88.0 Å². The van der Waals surface area contributed by atoms with Gasteiger partial charge < -0.3 is 35.6 Å². The van der Waals surface area contributed by atoms with Gasteiger partial charge in [0.15, 0.2) is 0 Å². The Morgan fingerprint density at radius 2 is 1.69 bits per heavy atom. The molecule has 2 amide bonds. The third-order valence-corrected chi connectivity index (χ3v) is 10.4. The van der Waals surface area contributed by atoms with E-state index in [1.807, 2.05) is 65.6 Å². The molecule has 1 atom stereocenters. The smallest absolute Gasteiger partial charge is 0.220 e. The van der Waals surface area contributed by atoms with Crippen molar-refractivity contribution in [1.82, 2.24) is 25.8 Å². The second-order valence-electron chi connectivity index (χ2n) is 12.9. The van der Waals surface area contributed by atoms with E-state index < -0.39 is 0 Å². The first-order chi connectivity index (χ1) is 24.7. The maximum atomic E-state index is 11.7. The number of rotatable bonds is 13. The normalized spacial score (nSPS) is 16.2. The van der Waals surface area contributed by atoms with E-state index in [0.29, 0.717) is 59.3 Å². The molecular formula is C39H44Cl2N6O4. The summed E-state index contributed by atoms with van der Waals surface area (Å²) in [6.45, 7) is 5.09. The van der Waals surface area contributed by atoms with Crippen molar-refractivity contribution >= 4 is 46.4 Å². The molecular weight excluding hydrogens is 687 g/mol. The number of nitrogens with one attached hydrogen (secondary N) is 4. The highest BCUT2D eigenvalue weighted by Gasteiger charge is 2.23. The van der Waals surface area contributed by atoms with Gasteiger partial charge >= 0.3 is 0 Å². The number of hydrogen-bond acceptors (Lipinski definition) is 8. The Balaban J connectivity index is 1.18. The Morgan fingerprint density at radius 3 is 2.41 bits per heavy atom. The quantitative estimate of drug-likeness (QED) is 0.117. The summed E-state index contributed by atoms with van der Waals surface area (Å²) < 4.78 is 11.6. The summed E-state index contributed by atoms with van der Waals surface area (Å²) in [5.74, 6) is 1.68. The number of hydrogen-bond donors (Lipinski definition) is 4. The predicted octanol–water partition coefficient (Wildman–Crippen LogP) is 6.95. The first-order valence-electron chi connectivity index (χ1n) is 17.3. The Morgan fingerprint density at radius 1 is 0.922 bits per heavy atom. The van der Waals surface area contributed by atoms with E-state index >= 15 is 0 Å². The maximum absolute atomic E-state index is 11.7. The highest BCUT2D eigenvalue weighted by molar-refractivity contribution is 6.39. The number of nitrogens with zero attached hydrogens (tertiary/aromatic N) is 2. The zero-order valence-corrected chi connectivity index (χ0v) is 30.7. The zero-order chi connectivity index (χ0) is 35.9. The van der Waals surface area contributed by atoms with E-state index in [1.54, 1.807) is 27.3 Å². The third kappa shape index (κ3) is 8.59. The van der Waals surface area contributed by atoms with Crippen molar-refractivity contribution in [1.29, 1.82) is 0 Å². The number of para-hydroxylation sites is 1. The van der Waals surface area contributed by atoms with Gasteiger partial charge in [-0.05, 0) is 43.5 Å². The van der Waals surface area contributed by atoms with E-state index in [0.717, 1.165) is 71.6 Å². The summed E-state index contributed by atoms with van der Waals surface area (Å²) in [5.41, 5.74) is 6.45. The van der Waals surface area contributed by atoms with Crippen molar-refractivity contribution in [3.63, 3.8) is 0 Å². The Kier molecular flexibility index (Phi) is 12.0. The first-order valence-corrected chi connectivity index (χ1v) is 18.0. The van der Waals surface area contributed by atoms with Crippen LogP contribution in [0, 0.1) is 0 Å². The van der Waals surface area contributed by atoms with Gasteiger partial charge in [-0.1, -0.05) is 59.6 Å². The number of likely N-dealkylation sites (tertiary alicyclic amines) is 1. The molecule has 0 radical (unpaired) electrons. The van der Waals surface area contributed by atoms with Crippen LogP contribution in [0.25, 0.3) is 22.4 Å². The van der Waals surface area contributed by atoms with Crippen LogP contribution in [0.15, 0.2) is 66.9 Å². The monoisotopic (exact) mass is 730 g/mol. The number of amides is 2. The molecule has 2 saturated heterocycles. The summed E-state index contributed by atoms with van der Waals surface area (Å²) in [6, 6.07) is 20.1. The molecule has 1 aromatic heterocycles. The molecule has 51 heavy (non-hydrogen) atoms.